The minimum absolute atomic E-state index is 0.0236. The van der Waals surface area contributed by atoms with Crippen molar-refractivity contribution < 1.29 is 13.9 Å². The van der Waals surface area contributed by atoms with E-state index in [0.717, 1.165) is 43.7 Å². The molecule has 0 saturated carbocycles. The Morgan fingerprint density at radius 1 is 0.968 bits per heavy atom. The van der Waals surface area contributed by atoms with Gasteiger partial charge in [-0.2, -0.15) is 0 Å². The van der Waals surface area contributed by atoms with E-state index < -0.39 is 0 Å². The van der Waals surface area contributed by atoms with Gasteiger partial charge < -0.3 is 9.64 Å². The average Bonchev–Trinajstić information content (AvgIpc) is 3.05. The summed E-state index contributed by atoms with van der Waals surface area (Å²) in [6.45, 7) is 4.27. The van der Waals surface area contributed by atoms with E-state index in [4.69, 9.17) is 4.74 Å². The molecule has 0 radical (unpaired) electrons. The van der Waals surface area contributed by atoms with Gasteiger partial charge in [0.05, 0.1) is 0 Å². The third-order valence-electron chi connectivity index (χ3n) is 5.40. The van der Waals surface area contributed by atoms with E-state index in [9.17, 15) is 9.18 Å². The molecule has 1 aliphatic heterocycles. The van der Waals surface area contributed by atoms with Crippen molar-refractivity contribution >= 4 is 5.91 Å². The lowest BCUT2D eigenvalue weighted by Crippen LogP contribution is -2.35. The summed E-state index contributed by atoms with van der Waals surface area (Å²) >= 11 is 0. The number of amides is 1. The van der Waals surface area contributed by atoms with E-state index in [1.807, 2.05) is 47.4 Å². The van der Waals surface area contributed by atoms with Gasteiger partial charge in [0, 0.05) is 56.2 Å². The molecule has 1 fully saturated rings. The first-order chi connectivity index (χ1) is 15.2. The second-order valence-electron chi connectivity index (χ2n) is 7.73. The molecule has 1 aromatic heterocycles. The van der Waals surface area contributed by atoms with Crippen LogP contribution in [0.25, 0.3) is 0 Å². The Morgan fingerprint density at radius 2 is 1.84 bits per heavy atom. The van der Waals surface area contributed by atoms with Crippen LogP contribution in [0, 0.1) is 5.82 Å². The highest BCUT2D eigenvalue weighted by atomic mass is 19.1. The van der Waals surface area contributed by atoms with Crippen molar-refractivity contribution in [3.63, 3.8) is 0 Å². The van der Waals surface area contributed by atoms with Crippen LogP contribution in [0.15, 0.2) is 73.1 Å². The first-order valence-corrected chi connectivity index (χ1v) is 10.6. The van der Waals surface area contributed by atoms with E-state index in [1.54, 1.807) is 18.5 Å². The number of hydrogen-bond donors (Lipinski definition) is 0. The highest BCUT2D eigenvalue weighted by Crippen LogP contribution is 2.18. The number of rotatable bonds is 6. The number of pyridine rings is 1. The third kappa shape index (κ3) is 5.89. The molecule has 0 bridgehead atoms. The summed E-state index contributed by atoms with van der Waals surface area (Å²) in [6, 6.07) is 17.8. The zero-order chi connectivity index (χ0) is 21.5. The SMILES string of the molecule is O=C(c1cccc(OCc2cccnc2)c1)N1CCCN(Cc2ccc(F)cc2)CC1. The lowest BCUT2D eigenvalue weighted by Gasteiger charge is -2.22. The molecule has 1 saturated heterocycles. The van der Waals surface area contributed by atoms with Crippen molar-refractivity contribution in [2.75, 3.05) is 26.2 Å². The van der Waals surface area contributed by atoms with E-state index >= 15 is 0 Å². The fourth-order valence-electron chi connectivity index (χ4n) is 3.73. The number of aromatic nitrogens is 1. The Morgan fingerprint density at radius 3 is 2.65 bits per heavy atom. The first-order valence-electron chi connectivity index (χ1n) is 10.6. The van der Waals surface area contributed by atoms with Crippen LogP contribution in [0.2, 0.25) is 0 Å². The minimum Gasteiger partial charge on any atom is -0.489 e. The largest absolute Gasteiger partial charge is 0.489 e. The fourth-order valence-corrected chi connectivity index (χ4v) is 3.73. The Balaban J connectivity index is 1.34. The van der Waals surface area contributed by atoms with Crippen molar-refractivity contribution in [1.82, 2.24) is 14.8 Å². The van der Waals surface area contributed by atoms with Gasteiger partial charge >= 0.3 is 0 Å². The number of ether oxygens (including phenoxy) is 1. The molecular weight excluding hydrogens is 393 g/mol. The topological polar surface area (TPSA) is 45.7 Å². The number of hydrogen-bond acceptors (Lipinski definition) is 4. The van der Waals surface area contributed by atoms with Crippen LogP contribution >= 0.6 is 0 Å². The van der Waals surface area contributed by atoms with Crippen LogP contribution < -0.4 is 4.74 Å². The summed E-state index contributed by atoms with van der Waals surface area (Å²) < 4.78 is 19.0. The number of halogens is 1. The van der Waals surface area contributed by atoms with Gasteiger partial charge in [0.25, 0.3) is 5.91 Å². The molecular formula is C25H26FN3O2. The molecule has 2 aromatic carbocycles. The average molecular weight is 420 g/mol. The van der Waals surface area contributed by atoms with E-state index in [0.29, 0.717) is 24.5 Å². The lowest BCUT2D eigenvalue weighted by atomic mass is 10.2. The molecule has 4 rings (SSSR count). The number of carbonyl (C=O) groups excluding carboxylic acids is 1. The van der Waals surface area contributed by atoms with Gasteiger partial charge in [-0.3, -0.25) is 14.7 Å². The fraction of sp³-hybridized carbons (Fsp3) is 0.280. The standard InChI is InChI=1S/C25H26FN3O2/c26-23-9-7-20(8-10-23)18-28-12-3-13-29(15-14-28)25(30)22-5-1-6-24(16-22)31-19-21-4-2-11-27-17-21/h1-2,4-11,16-17H,3,12-15,18-19H2. The smallest absolute Gasteiger partial charge is 0.254 e. The van der Waals surface area contributed by atoms with Crippen molar-refractivity contribution in [3.8, 4) is 5.75 Å². The van der Waals surface area contributed by atoms with Crippen molar-refractivity contribution in [2.24, 2.45) is 0 Å². The van der Waals surface area contributed by atoms with Gasteiger partial charge in [-0.15, -0.1) is 0 Å². The predicted octanol–water partition coefficient (Wildman–Crippen LogP) is 4.15. The third-order valence-corrected chi connectivity index (χ3v) is 5.40. The minimum atomic E-state index is -0.219. The maximum Gasteiger partial charge on any atom is 0.254 e. The number of benzene rings is 2. The highest BCUT2D eigenvalue weighted by Gasteiger charge is 2.20. The quantitative estimate of drug-likeness (QED) is 0.602. The van der Waals surface area contributed by atoms with E-state index in [2.05, 4.69) is 9.88 Å². The molecule has 0 atom stereocenters. The molecule has 0 aliphatic carbocycles. The Labute approximate surface area is 182 Å². The zero-order valence-corrected chi connectivity index (χ0v) is 17.4. The number of nitrogens with zero attached hydrogens (tertiary/aromatic N) is 3. The predicted molar refractivity (Wildman–Crippen MR) is 117 cm³/mol. The van der Waals surface area contributed by atoms with Crippen LogP contribution in [-0.2, 0) is 13.2 Å². The molecule has 1 aliphatic rings. The van der Waals surface area contributed by atoms with Crippen molar-refractivity contribution in [2.45, 2.75) is 19.6 Å². The lowest BCUT2D eigenvalue weighted by molar-refractivity contribution is 0.0760. The van der Waals surface area contributed by atoms with Gasteiger partial charge in [0.15, 0.2) is 0 Å². The number of carbonyl (C=O) groups is 1. The summed E-state index contributed by atoms with van der Waals surface area (Å²) in [5.74, 6) is 0.473. The molecule has 0 spiro atoms. The zero-order valence-electron chi connectivity index (χ0n) is 17.4. The molecule has 0 unspecified atom stereocenters. The van der Waals surface area contributed by atoms with Crippen LogP contribution in [0.1, 0.15) is 27.9 Å². The Hall–Kier alpha value is -3.25. The van der Waals surface area contributed by atoms with Gasteiger partial charge in [-0.05, 0) is 48.4 Å². The highest BCUT2D eigenvalue weighted by molar-refractivity contribution is 5.94. The van der Waals surface area contributed by atoms with Crippen molar-refractivity contribution in [3.05, 3.63) is 95.6 Å². The molecule has 31 heavy (non-hydrogen) atoms. The summed E-state index contributed by atoms with van der Waals surface area (Å²) in [7, 11) is 0. The van der Waals surface area contributed by atoms with E-state index in [1.165, 1.54) is 12.1 Å². The second kappa shape index (κ2) is 10.2. The molecule has 5 nitrogen and oxygen atoms in total. The van der Waals surface area contributed by atoms with Crippen molar-refractivity contribution in [1.29, 1.82) is 0 Å². The summed E-state index contributed by atoms with van der Waals surface area (Å²) in [5, 5.41) is 0. The normalized spacial score (nSPS) is 14.8. The molecule has 6 heteroatoms. The van der Waals surface area contributed by atoms with Crippen LogP contribution in [-0.4, -0.2) is 46.9 Å². The van der Waals surface area contributed by atoms with Gasteiger partial charge in [-0.1, -0.05) is 24.3 Å². The van der Waals surface area contributed by atoms with Gasteiger partial charge in [-0.25, -0.2) is 4.39 Å². The Bertz CT molecular complexity index is 995. The molecule has 0 N–H and O–H groups in total. The summed E-state index contributed by atoms with van der Waals surface area (Å²) in [6.07, 6.45) is 4.40. The first kappa shape index (κ1) is 21.0. The molecule has 160 valence electrons. The molecule has 1 amide bonds. The summed E-state index contributed by atoms with van der Waals surface area (Å²) in [4.78, 5) is 21.4. The van der Waals surface area contributed by atoms with Gasteiger partial charge in [0.1, 0.15) is 18.2 Å². The van der Waals surface area contributed by atoms with Gasteiger partial charge in [0.2, 0.25) is 0 Å². The van der Waals surface area contributed by atoms with Crippen LogP contribution in [0.5, 0.6) is 5.75 Å². The molecule has 2 heterocycles. The monoisotopic (exact) mass is 419 g/mol. The molecule has 3 aromatic rings. The van der Waals surface area contributed by atoms with Crippen LogP contribution in [0.3, 0.4) is 0 Å². The maximum atomic E-state index is 13.1. The summed E-state index contributed by atoms with van der Waals surface area (Å²) in [5.41, 5.74) is 2.70. The van der Waals surface area contributed by atoms with E-state index in [-0.39, 0.29) is 11.7 Å². The maximum absolute atomic E-state index is 13.1. The van der Waals surface area contributed by atoms with Crippen LogP contribution in [0.4, 0.5) is 4.39 Å². The second-order valence-corrected chi connectivity index (χ2v) is 7.73. The Kier molecular flexibility index (Phi) is 6.89.